The van der Waals surface area contributed by atoms with Gasteiger partial charge >= 0.3 is 5.97 Å². The van der Waals surface area contributed by atoms with E-state index in [0.29, 0.717) is 13.2 Å². The summed E-state index contributed by atoms with van der Waals surface area (Å²) in [4.78, 5) is 16.8. The van der Waals surface area contributed by atoms with E-state index in [1.54, 1.807) is 6.08 Å². The summed E-state index contributed by atoms with van der Waals surface area (Å²) in [6, 6.07) is 10.1. The second-order valence-corrected chi connectivity index (χ2v) is 5.72. The molecule has 1 atom stereocenters. The van der Waals surface area contributed by atoms with Crippen LogP contribution in [0.3, 0.4) is 0 Å². The van der Waals surface area contributed by atoms with Crippen LogP contribution in [0.1, 0.15) is 18.2 Å². The quantitative estimate of drug-likeness (QED) is 0.808. The summed E-state index contributed by atoms with van der Waals surface area (Å²) < 4.78 is 15.9. The number of carbonyl (C=O) groups is 1. The van der Waals surface area contributed by atoms with Gasteiger partial charge in [0.15, 0.2) is 0 Å². The van der Waals surface area contributed by atoms with E-state index >= 15 is 0 Å². The third-order valence-electron chi connectivity index (χ3n) is 4.12. The average molecular weight is 327 g/mol. The molecule has 0 saturated carbocycles. The summed E-state index contributed by atoms with van der Waals surface area (Å²) in [5, 5.41) is 1.09. The highest BCUT2D eigenvalue weighted by Gasteiger charge is 2.40. The lowest BCUT2D eigenvalue weighted by molar-refractivity contribution is -0.184. The van der Waals surface area contributed by atoms with Crippen LogP contribution in [0.4, 0.5) is 0 Å². The van der Waals surface area contributed by atoms with E-state index in [1.165, 1.54) is 7.11 Å². The van der Waals surface area contributed by atoms with Crippen molar-refractivity contribution in [3.63, 3.8) is 0 Å². The highest BCUT2D eigenvalue weighted by Crippen LogP contribution is 2.23. The van der Waals surface area contributed by atoms with Crippen molar-refractivity contribution in [1.82, 2.24) is 4.98 Å². The Kier molecular flexibility index (Phi) is 4.92. The van der Waals surface area contributed by atoms with Crippen LogP contribution in [0.25, 0.3) is 17.0 Å². The van der Waals surface area contributed by atoms with Crippen LogP contribution in [0.5, 0.6) is 0 Å². The monoisotopic (exact) mass is 327 g/mol. The highest BCUT2D eigenvalue weighted by atomic mass is 16.6. The molecule has 0 spiro atoms. The number of benzene rings is 1. The van der Waals surface area contributed by atoms with Gasteiger partial charge in [-0.3, -0.25) is 4.98 Å². The number of hydrogen-bond donors (Lipinski definition) is 0. The number of fused-ring (bicyclic) bond motifs is 1. The molecule has 1 fully saturated rings. The number of ether oxygens (including phenoxy) is 3. The Bertz CT molecular complexity index is 763. The number of nitrogens with zero attached hydrogens (tertiary/aromatic N) is 1. The molecule has 1 aromatic carbocycles. The maximum Gasteiger partial charge on any atom is 0.344 e. The second-order valence-electron chi connectivity index (χ2n) is 5.72. The first-order chi connectivity index (χ1) is 11.7. The first-order valence-electron chi connectivity index (χ1n) is 8.06. The molecule has 126 valence electrons. The van der Waals surface area contributed by atoms with Gasteiger partial charge in [-0.05, 0) is 30.2 Å². The molecule has 0 bridgehead atoms. The Morgan fingerprint density at radius 2 is 2.17 bits per heavy atom. The third-order valence-corrected chi connectivity index (χ3v) is 4.12. The van der Waals surface area contributed by atoms with E-state index in [-0.39, 0.29) is 6.61 Å². The number of methoxy groups -OCH3 is 1. The predicted molar refractivity (Wildman–Crippen MR) is 91.7 cm³/mol. The van der Waals surface area contributed by atoms with Crippen LogP contribution in [-0.4, -0.2) is 43.5 Å². The Morgan fingerprint density at radius 1 is 1.33 bits per heavy atom. The number of esters is 1. The van der Waals surface area contributed by atoms with Gasteiger partial charge in [0.25, 0.3) is 0 Å². The smallest absolute Gasteiger partial charge is 0.344 e. The van der Waals surface area contributed by atoms with Gasteiger partial charge in [0.05, 0.1) is 32.4 Å². The Hall–Kier alpha value is -2.24. The third kappa shape index (κ3) is 3.32. The number of pyridine rings is 1. The van der Waals surface area contributed by atoms with Crippen LogP contribution >= 0.6 is 0 Å². The lowest BCUT2D eigenvalue weighted by Gasteiger charge is -2.31. The number of hydrogen-bond acceptors (Lipinski definition) is 5. The lowest BCUT2D eigenvalue weighted by Crippen LogP contribution is -2.49. The Labute approximate surface area is 141 Å². The van der Waals surface area contributed by atoms with Crippen LogP contribution in [0.2, 0.25) is 0 Å². The molecule has 0 amide bonds. The fourth-order valence-electron chi connectivity index (χ4n) is 2.71. The minimum Gasteiger partial charge on any atom is -0.467 e. The van der Waals surface area contributed by atoms with E-state index in [4.69, 9.17) is 14.2 Å². The number of carbonyl (C=O) groups excluding carboxylic acids is 1. The van der Waals surface area contributed by atoms with Gasteiger partial charge in [-0.25, -0.2) is 4.79 Å². The maximum absolute atomic E-state index is 12.1. The average Bonchev–Trinajstić information content (AvgIpc) is 2.65. The van der Waals surface area contributed by atoms with Crippen molar-refractivity contribution in [3.05, 3.63) is 47.7 Å². The maximum atomic E-state index is 12.1. The zero-order valence-corrected chi connectivity index (χ0v) is 14.0. The molecule has 1 unspecified atom stereocenters. The highest BCUT2D eigenvalue weighted by molar-refractivity contribution is 5.85. The van der Waals surface area contributed by atoms with Gasteiger partial charge in [0.2, 0.25) is 5.60 Å². The first kappa shape index (κ1) is 16.6. The van der Waals surface area contributed by atoms with Gasteiger partial charge in [-0.2, -0.15) is 0 Å². The van der Waals surface area contributed by atoms with Crippen molar-refractivity contribution in [2.45, 2.75) is 18.9 Å². The molecule has 0 N–H and O–H groups in total. The van der Waals surface area contributed by atoms with Crippen molar-refractivity contribution < 1.29 is 19.0 Å². The van der Waals surface area contributed by atoms with Gasteiger partial charge in [-0.15, -0.1) is 0 Å². The summed E-state index contributed by atoms with van der Waals surface area (Å²) >= 11 is 0. The molecule has 5 heteroatoms. The van der Waals surface area contributed by atoms with Crippen LogP contribution in [0.15, 0.2) is 36.4 Å². The molecule has 1 aromatic heterocycles. The molecule has 1 aliphatic rings. The van der Waals surface area contributed by atoms with E-state index in [9.17, 15) is 4.79 Å². The molecule has 1 aliphatic heterocycles. The molecule has 3 rings (SSSR count). The lowest BCUT2D eigenvalue weighted by atomic mass is 10.0. The molecular weight excluding hydrogens is 306 g/mol. The van der Waals surface area contributed by atoms with Crippen molar-refractivity contribution >= 4 is 22.9 Å². The summed E-state index contributed by atoms with van der Waals surface area (Å²) in [5.41, 5.74) is 1.75. The first-order valence-corrected chi connectivity index (χ1v) is 8.06. The SMILES string of the molecule is CCc1ccc2ccc(/C=C/C3(C(=O)OC)COCCO3)cc2n1. The second kappa shape index (κ2) is 7.11. The van der Waals surface area contributed by atoms with Crippen LogP contribution in [-0.2, 0) is 25.4 Å². The van der Waals surface area contributed by atoms with E-state index in [2.05, 4.69) is 18.0 Å². The van der Waals surface area contributed by atoms with Gasteiger partial charge < -0.3 is 14.2 Å². The Morgan fingerprint density at radius 3 is 2.88 bits per heavy atom. The fraction of sp³-hybridized carbons (Fsp3) is 0.368. The Balaban J connectivity index is 1.91. The molecular formula is C19H21NO4. The van der Waals surface area contributed by atoms with E-state index in [0.717, 1.165) is 28.6 Å². The number of aryl methyl sites for hydroxylation is 1. The summed E-state index contributed by atoms with van der Waals surface area (Å²) in [7, 11) is 1.35. The molecule has 5 nitrogen and oxygen atoms in total. The normalized spacial score (nSPS) is 21.2. The summed E-state index contributed by atoms with van der Waals surface area (Å²) in [5.74, 6) is -0.453. The minimum atomic E-state index is -1.18. The number of rotatable bonds is 4. The molecule has 0 aliphatic carbocycles. The van der Waals surface area contributed by atoms with Crippen molar-refractivity contribution in [2.24, 2.45) is 0 Å². The van der Waals surface area contributed by atoms with Crippen molar-refractivity contribution in [1.29, 1.82) is 0 Å². The van der Waals surface area contributed by atoms with E-state index in [1.807, 2.05) is 30.3 Å². The zero-order valence-electron chi connectivity index (χ0n) is 14.0. The number of aromatic nitrogens is 1. The van der Waals surface area contributed by atoms with Gasteiger partial charge in [0, 0.05) is 11.1 Å². The van der Waals surface area contributed by atoms with Crippen molar-refractivity contribution in [3.8, 4) is 0 Å². The molecule has 2 heterocycles. The zero-order chi connectivity index (χ0) is 17.0. The van der Waals surface area contributed by atoms with Gasteiger partial charge in [0.1, 0.15) is 0 Å². The molecule has 2 aromatic rings. The van der Waals surface area contributed by atoms with Crippen LogP contribution in [0, 0.1) is 0 Å². The fourth-order valence-corrected chi connectivity index (χ4v) is 2.71. The van der Waals surface area contributed by atoms with E-state index < -0.39 is 11.6 Å². The summed E-state index contributed by atoms with van der Waals surface area (Å²) in [6.45, 7) is 3.07. The topological polar surface area (TPSA) is 57.7 Å². The van der Waals surface area contributed by atoms with Gasteiger partial charge in [-0.1, -0.05) is 31.2 Å². The standard InChI is InChI=1S/C19H21NO4/c1-3-16-7-6-15-5-4-14(12-17(15)20-16)8-9-19(18(21)22-2)13-23-10-11-24-19/h4-9,12H,3,10-11,13H2,1-2H3/b9-8+. The molecule has 1 saturated heterocycles. The minimum absolute atomic E-state index is 0.155. The molecule has 0 radical (unpaired) electrons. The summed E-state index contributed by atoms with van der Waals surface area (Å²) in [6.07, 6.45) is 4.46. The largest absolute Gasteiger partial charge is 0.467 e. The van der Waals surface area contributed by atoms with Crippen molar-refractivity contribution in [2.75, 3.05) is 26.9 Å². The predicted octanol–water partition coefficient (Wildman–Crippen LogP) is 2.77. The molecule has 24 heavy (non-hydrogen) atoms. The van der Waals surface area contributed by atoms with Crippen LogP contribution < -0.4 is 0 Å².